The smallest absolute Gasteiger partial charge is 0.336 e. The van der Waals surface area contributed by atoms with Crippen molar-refractivity contribution in [3.05, 3.63) is 29.1 Å². The number of hydrogen-bond acceptors (Lipinski definition) is 4. The number of piperidine rings is 1. The molecule has 1 aromatic carbocycles. The van der Waals surface area contributed by atoms with Crippen LogP contribution in [0.5, 0.6) is 0 Å². The van der Waals surface area contributed by atoms with Crippen LogP contribution in [-0.2, 0) is 14.8 Å². The second-order valence-electron chi connectivity index (χ2n) is 5.49. The van der Waals surface area contributed by atoms with Gasteiger partial charge in [0.15, 0.2) is 0 Å². The zero-order valence-electron chi connectivity index (χ0n) is 12.5. The number of sulfonamides is 1. The van der Waals surface area contributed by atoms with E-state index in [4.69, 9.17) is 10.8 Å². The summed E-state index contributed by atoms with van der Waals surface area (Å²) in [6.45, 7) is 1.35. The summed E-state index contributed by atoms with van der Waals surface area (Å²) in [6.07, 6.45) is 0.941. The van der Waals surface area contributed by atoms with E-state index >= 15 is 0 Å². The van der Waals surface area contributed by atoms with Crippen LogP contribution in [-0.4, -0.2) is 42.8 Å². The molecule has 126 valence electrons. The molecule has 9 heteroatoms. The molecule has 0 spiro atoms. The number of carbonyl (C=O) groups excluding carboxylic acids is 1. The van der Waals surface area contributed by atoms with Crippen LogP contribution in [0, 0.1) is 18.7 Å². The summed E-state index contributed by atoms with van der Waals surface area (Å²) in [7, 11) is -4.10. The lowest BCUT2D eigenvalue weighted by molar-refractivity contribution is -0.122. The predicted octanol–water partition coefficient (Wildman–Crippen LogP) is 0.718. The van der Waals surface area contributed by atoms with Gasteiger partial charge in [-0.15, -0.1) is 0 Å². The molecule has 1 aliphatic rings. The van der Waals surface area contributed by atoms with Crippen LogP contribution >= 0.6 is 0 Å². The molecule has 3 N–H and O–H groups in total. The average Bonchev–Trinajstić information content (AvgIpc) is 2.49. The molecule has 0 bridgehead atoms. The van der Waals surface area contributed by atoms with Gasteiger partial charge in [-0.25, -0.2) is 17.6 Å². The third kappa shape index (κ3) is 3.35. The number of nitrogens with zero attached hydrogens (tertiary/aromatic N) is 1. The normalized spacial score (nSPS) is 19.5. The molecule has 7 nitrogen and oxygen atoms in total. The largest absolute Gasteiger partial charge is 0.478 e. The van der Waals surface area contributed by atoms with Crippen LogP contribution in [0.15, 0.2) is 17.0 Å². The lowest BCUT2D eigenvalue weighted by atomic mass is 9.99. The number of halogens is 1. The SMILES string of the molecule is Cc1c(F)cc(S(=O)(=O)N2CCCC(C(N)=O)C2)cc1C(=O)O. The lowest BCUT2D eigenvalue weighted by Crippen LogP contribution is -2.44. The molecule has 1 heterocycles. The van der Waals surface area contributed by atoms with E-state index in [0.717, 1.165) is 16.4 Å². The number of primary amides is 1. The minimum Gasteiger partial charge on any atom is -0.478 e. The highest BCUT2D eigenvalue weighted by molar-refractivity contribution is 7.89. The van der Waals surface area contributed by atoms with Crippen LogP contribution in [0.1, 0.15) is 28.8 Å². The van der Waals surface area contributed by atoms with Crippen molar-refractivity contribution in [2.45, 2.75) is 24.7 Å². The fraction of sp³-hybridized carbons (Fsp3) is 0.429. The zero-order chi connectivity index (χ0) is 17.4. The van der Waals surface area contributed by atoms with Crippen LogP contribution in [0.25, 0.3) is 0 Å². The molecule has 1 atom stereocenters. The summed E-state index contributed by atoms with van der Waals surface area (Å²) >= 11 is 0. The highest BCUT2D eigenvalue weighted by atomic mass is 32.2. The van der Waals surface area contributed by atoms with E-state index < -0.39 is 44.1 Å². The fourth-order valence-corrected chi connectivity index (χ4v) is 4.13. The summed E-state index contributed by atoms with van der Waals surface area (Å²) in [6, 6.07) is 1.73. The summed E-state index contributed by atoms with van der Waals surface area (Å²) in [4.78, 5) is 22.0. The van der Waals surface area contributed by atoms with Gasteiger partial charge in [0.2, 0.25) is 15.9 Å². The van der Waals surface area contributed by atoms with Gasteiger partial charge in [-0.1, -0.05) is 0 Å². The topological polar surface area (TPSA) is 118 Å². The standard InChI is InChI=1S/C14H17FN2O5S/c1-8-11(14(19)20)5-10(6-12(8)15)23(21,22)17-4-2-3-9(7-17)13(16)18/h5-6,9H,2-4,7H2,1H3,(H2,16,18)(H,19,20). The fourth-order valence-electron chi connectivity index (χ4n) is 2.57. The van der Waals surface area contributed by atoms with E-state index in [9.17, 15) is 22.4 Å². The number of rotatable bonds is 4. The Morgan fingerprint density at radius 1 is 1.39 bits per heavy atom. The maximum Gasteiger partial charge on any atom is 0.336 e. The van der Waals surface area contributed by atoms with E-state index in [-0.39, 0.29) is 18.7 Å². The van der Waals surface area contributed by atoms with Gasteiger partial charge in [-0.3, -0.25) is 4.79 Å². The van der Waals surface area contributed by atoms with Gasteiger partial charge in [0.1, 0.15) is 5.82 Å². The first-order valence-corrected chi connectivity index (χ1v) is 8.41. The number of benzene rings is 1. The average molecular weight is 344 g/mol. The molecule has 1 aliphatic heterocycles. The first-order valence-electron chi connectivity index (χ1n) is 6.97. The summed E-state index contributed by atoms with van der Waals surface area (Å²) in [5.41, 5.74) is 4.68. The second-order valence-corrected chi connectivity index (χ2v) is 7.43. The van der Waals surface area contributed by atoms with E-state index in [1.54, 1.807) is 0 Å². The lowest BCUT2D eigenvalue weighted by Gasteiger charge is -2.30. The maximum atomic E-state index is 13.9. The molecule has 1 aromatic rings. The number of carboxylic acid groups (broad SMARTS) is 1. The minimum atomic E-state index is -4.10. The molecular weight excluding hydrogens is 327 g/mol. The van der Waals surface area contributed by atoms with Gasteiger partial charge in [0.05, 0.1) is 16.4 Å². The van der Waals surface area contributed by atoms with Gasteiger partial charge in [-0.2, -0.15) is 4.31 Å². The number of carboxylic acids is 1. The first-order chi connectivity index (χ1) is 10.6. The van der Waals surface area contributed by atoms with E-state index in [1.807, 2.05) is 0 Å². The third-order valence-corrected chi connectivity index (χ3v) is 5.82. The number of carbonyl (C=O) groups is 2. The third-order valence-electron chi connectivity index (χ3n) is 3.97. The van der Waals surface area contributed by atoms with Crippen molar-refractivity contribution in [2.75, 3.05) is 13.1 Å². The van der Waals surface area contributed by atoms with Crippen molar-refractivity contribution in [1.82, 2.24) is 4.31 Å². The summed E-state index contributed by atoms with van der Waals surface area (Å²) < 4.78 is 40.1. The van der Waals surface area contributed by atoms with Gasteiger partial charge in [0, 0.05) is 13.1 Å². The number of nitrogens with two attached hydrogens (primary N) is 1. The number of aromatic carboxylic acids is 1. The van der Waals surface area contributed by atoms with Crippen molar-refractivity contribution in [2.24, 2.45) is 11.7 Å². The van der Waals surface area contributed by atoms with E-state index in [0.29, 0.717) is 12.8 Å². The van der Waals surface area contributed by atoms with Gasteiger partial charge < -0.3 is 10.8 Å². The molecule has 23 heavy (non-hydrogen) atoms. The molecular formula is C14H17FN2O5S. The Kier molecular flexibility index (Phi) is 4.71. The van der Waals surface area contributed by atoms with Crippen LogP contribution in [0.4, 0.5) is 4.39 Å². The second kappa shape index (κ2) is 6.25. The molecule has 0 aliphatic carbocycles. The van der Waals surface area contributed by atoms with Crippen LogP contribution < -0.4 is 5.73 Å². The molecule has 1 saturated heterocycles. The molecule has 1 amide bonds. The Bertz CT molecular complexity index is 763. The van der Waals surface area contributed by atoms with Crippen LogP contribution in [0.3, 0.4) is 0 Å². The molecule has 1 fully saturated rings. The van der Waals surface area contributed by atoms with Gasteiger partial charge >= 0.3 is 5.97 Å². The molecule has 0 radical (unpaired) electrons. The van der Waals surface area contributed by atoms with Crippen molar-refractivity contribution in [1.29, 1.82) is 0 Å². The van der Waals surface area contributed by atoms with Crippen molar-refractivity contribution >= 4 is 21.9 Å². The molecule has 0 saturated carbocycles. The summed E-state index contributed by atoms with van der Waals surface area (Å²) in [5.74, 6) is -3.52. The van der Waals surface area contributed by atoms with E-state index in [2.05, 4.69) is 0 Å². The highest BCUT2D eigenvalue weighted by Gasteiger charge is 2.33. The minimum absolute atomic E-state index is 0.0877. The Balaban J connectivity index is 2.44. The number of hydrogen-bond donors (Lipinski definition) is 2. The molecule has 2 rings (SSSR count). The van der Waals surface area contributed by atoms with Gasteiger partial charge in [0.25, 0.3) is 0 Å². The monoisotopic (exact) mass is 344 g/mol. The summed E-state index contributed by atoms with van der Waals surface area (Å²) in [5, 5.41) is 9.07. The number of amides is 1. The van der Waals surface area contributed by atoms with Crippen molar-refractivity contribution in [3.63, 3.8) is 0 Å². The van der Waals surface area contributed by atoms with Crippen molar-refractivity contribution in [3.8, 4) is 0 Å². The Morgan fingerprint density at radius 3 is 2.61 bits per heavy atom. The van der Waals surface area contributed by atoms with E-state index in [1.165, 1.54) is 6.92 Å². The molecule has 1 unspecified atom stereocenters. The van der Waals surface area contributed by atoms with Crippen molar-refractivity contribution < 1.29 is 27.5 Å². The first kappa shape index (κ1) is 17.4. The maximum absolute atomic E-state index is 13.9. The van der Waals surface area contributed by atoms with Gasteiger partial charge in [-0.05, 0) is 37.5 Å². The highest BCUT2D eigenvalue weighted by Crippen LogP contribution is 2.26. The quantitative estimate of drug-likeness (QED) is 0.834. The molecule has 0 aromatic heterocycles. The Labute approximate surface area is 132 Å². The zero-order valence-corrected chi connectivity index (χ0v) is 13.3. The predicted molar refractivity (Wildman–Crippen MR) is 78.8 cm³/mol. The Morgan fingerprint density at radius 2 is 2.04 bits per heavy atom. The Hall–Kier alpha value is -2.00. The van der Waals surface area contributed by atoms with Crippen LogP contribution in [0.2, 0.25) is 0 Å².